The van der Waals surface area contributed by atoms with Crippen LogP contribution in [-0.2, 0) is 4.79 Å². The van der Waals surface area contributed by atoms with Crippen molar-refractivity contribution in [3.05, 3.63) is 0 Å². The molecule has 0 spiro atoms. The molecule has 1 heterocycles. The Bertz CT molecular complexity index is 324. The van der Waals surface area contributed by atoms with E-state index in [2.05, 4.69) is 24.1 Å². The minimum atomic E-state index is 0.0987. The fraction of sp³-hybridized carbons (Fsp3) is 0.938. The maximum Gasteiger partial charge on any atom is 0.241 e. The molecule has 0 aromatic rings. The van der Waals surface area contributed by atoms with Gasteiger partial charge in [0.05, 0.1) is 12.2 Å². The Hall–Kier alpha value is -0.570. The normalized spacial score (nSPS) is 31.5. The molecule has 2 unspecified atom stereocenters. The van der Waals surface area contributed by atoms with E-state index in [1.807, 2.05) is 0 Å². The molecule has 1 N–H and O–H groups in total. The summed E-state index contributed by atoms with van der Waals surface area (Å²) in [6, 6.07) is 0.667. The van der Waals surface area contributed by atoms with Gasteiger partial charge in [-0.1, -0.05) is 26.7 Å². The molecule has 19 heavy (non-hydrogen) atoms. The van der Waals surface area contributed by atoms with E-state index in [0.29, 0.717) is 18.1 Å². The predicted molar refractivity (Wildman–Crippen MR) is 76.6 cm³/mol. The average molecular weight is 264 g/mol. The second kappa shape index (κ2) is 5.43. The zero-order valence-corrected chi connectivity index (χ0v) is 12.4. The first kappa shape index (κ1) is 13.4. The van der Waals surface area contributed by atoms with Crippen molar-refractivity contribution in [1.29, 1.82) is 0 Å². The molecule has 3 nitrogen and oxygen atoms in total. The van der Waals surface area contributed by atoms with Crippen LogP contribution < -0.4 is 5.32 Å². The Balaban J connectivity index is 1.76. The topological polar surface area (TPSA) is 32.3 Å². The summed E-state index contributed by atoms with van der Waals surface area (Å²) in [5.74, 6) is 2.04. The summed E-state index contributed by atoms with van der Waals surface area (Å²) < 4.78 is 0. The average Bonchev–Trinajstić information content (AvgIpc) is 3.27. The summed E-state index contributed by atoms with van der Waals surface area (Å²) in [6.45, 7) is 4.40. The van der Waals surface area contributed by atoms with Gasteiger partial charge in [0.15, 0.2) is 0 Å². The summed E-state index contributed by atoms with van der Waals surface area (Å²) in [6.07, 6.45) is 10.1. The fourth-order valence-corrected chi connectivity index (χ4v) is 3.78. The molecule has 2 atom stereocenters. The summed E-state index contributed by atoms with van der Waals surface area (Å²) in [7, 11) is 0. The number of nitrogens with one attached hydrogen (secondary N) is 1. The summed E-state index contributed by atoms with van der Waals surface area (Å²) in [5.41, 5.74) is 0. The first-order chi connectivity index (χ1) is 9.26. The van der Waals surface area contributed by atoms with Gasteiger partial charge in [-0.25, -0.2) is 0 Å². The van der Waals surface area contributed by atoms with E-state index >= 15 is 0 Å². The van der Waals surface area contributed by atoms with E-state index in [4.69, 9.17) is 0 Å². The molecule has 2 aliphatic carbocycles. The molecule has 0 aromatic heterocycles. The third kappa shape index (κ3) is 2.67. The monoisotopic (exact) mass is 264 g/mol. The molecule has 3 heteroatoms. The molecule has 3 rings (SSSR count). The van der Waals surface area contributed by atoms with Gasteiger partial charge in [-0.15, -0.1) is 0 Å². The lowest BCUT2D eigenvalue weighted by Crippen LogP contribution is -2.47. The molecular formula is C16H28N2O. The minimum absolute atomic E-state index is 0.0987. The Morgan fingerprint density at radius 1 is 1.11 bits per heavy atom. The maximum absolute atomic E-state index is 12.8. The lowest BCUT2D eigenvalue weighted by Gasteiger charge is -2.33. The van der Waals surface area contributed by atoms with Crippen molar-refractivity contribution < 1.29 is 4.79 Å². The zero-order valence-electron chi connectivity index (χ0n) is 12.4. The van der Waals surface area contributed by atoms with Crippen molar-refractivity contribution in [3.63, 3.8) is 0 Å². The standard InChI is InChI=1S/C16H28N2O/c1-3-5-13-16(19)18(14(17-13)6-4-2)15(11-7-8-11)12-9-10-12/h11-15,17H,3-10H2,1-2H3. The van der Waals surface area contributed by atoms with E-state index in [0.717, 1.165) is 37.5 Å². The van der Waals surface area contributed by atoms with Crippen LogP contribution in [0.1, 0.15) is 65.2 Å². The Morgan fingerprint density at radius 2 is 1.68 bits per heavy atom. The molecule has 0 aromatic carbocycles. The van der Waals surface area contributed by atoms with Crippen LogP contribution in [0.2, 0.25) is 0 Å². The van der Waals surface area contributed by atoms with Gasteiger partial charge in [0.1, 0.15) is 0 Å². The van der Waals surface area contributed by atoms with E-state index in [1.54, 1.807) is 0 Å². The highest BCUT2D eigenvalue weighted by Gasteiger charge is 2.51. The van der Waals surface area contributed by atoms with Gasteiger partial charge in [-0.2, -0.15) is 0 Å². The second-order valence-electron chi connectivity index (χ2n) is 6.72. The predicted octanol–water partition coefficient (Wildman–Crippen LogP) is 2.90. The van der Waals surface area contributed by atoms with Gasteiger partial charge < -0.3 is 4.90 Å². The molecule has 108 valence electrons. The van der Waals surface area contributed by atoms with Crippen molar-refractivity contribution in [3.8, 4) is 0 Å². The Morgan fingerprint density at radius 3 is 2.16 bits per heavy atom. The van der Waals surface area contributed by atoms with Gasteiger partial charge >= 0.3 is 0 Å². The lowest BCUT2D eigenvalue weighted by atomic mass is 10.0. The third-order valence-electron chi connectivity index (χ3n) is 4.95. The van der Waals surface area contributed by atoms with Crippen molar-refractivity contribution >= 4 is 5.91 Å². The van der Waals surface area contributed by atoms with Gasteiger partial charge in [-0.3, -0.25) is 10.1 Å². The van der Waals surface area contributed by atoms with Crippen LogP contribution in [0.3, 0.4) is 0 Å². The fourth-order valence-electron chi connectivity index (χ4n) is 3.78. The smallest absolute Gasteiger partial charge is 0.241 e. The van der Waals surface area contributed by atoms with Crippen LogP contribution in [0.4, 0.5) is 0 Å². The molecule has 3 fully saturated rings. The van der Waals surface area contributed by atoms with Crippen molar-refractivity contribution in [1.82, 2.24) is 10.2 Å². The number of nitrogens with zero attached hydrogens (tertiary/aromatic N) is 1. The van der Waals surface area contributed by atoms with Crippen molar-refractivity contribution in [2.75, 3.05) is 0 Å². The number of hydrogen-bond donors (Lipinski definition) is 1. The maximum atomic E-state index is 12.8. The van der Waals surface area contributed by atoms with Crippen LogP contribution in [0.5, 0.6) is 0 Å². The lowest BCUT2D eigenvalue weighted by molar-refractivity contribution is -0.133. The van der Waals surface area contributed by atoms with Crippen LogP contribution in [-0.4, -0.2) is 29.1 Å². The molecule has 0 bridgehead atoms. The number of carbonyl (C=O) groups is 1. The molecule has 0 radical (unpaired) electrons. The summed E-state index contributed by atoms with van der Waals surface area (Å²) in [4.78, 5) is 15.0. The highest BCUT2D eigenvalue weighted by atomic mass is 16.2. The number of hydrogen-bond acceptors (Lipinski definition) is 2. The van der Waals surface area contributed by atoms with Gasteiger partial charge in [0.2, 0.25) is 5.91 Å². The highest BCUT2D eigenvalue weighted by molar-refractivity contribution is 5.84. The van der Waals surface area contributed by atoms with E-state index < -0.39 is 0 Å². The van der Waals surface area contributed by atoms with E-state index in [9.17, 15) is 4.79 Å². The van der Waals surface area contributed by atoms with E-state index in [-0.39, 0.29) is 6.04 Å². The quantitative estimate of drug-likeness (QED) is 0.767. The molecule has 3 aliphatic rings. The Labute approximate surface area is 117 Å². The largest absolute Gasteiger partial charge is 0.322 e. The van der Waals surface area contributed by atoms with Gasteiger partial charge in [-0.05, 0) is 50.4 Å². The van der Waals surface area contributed by atoms with Crippen LogP contribution in [0, 0.1) is 11.8 Å². The molecule has 1 aliphatic heterocycles. The molecule has 1 amide bonds. The highest BCUT2D eigenvalue weighted by Crippen LogP contribution is 2.48. The minimum Gasteiger partial charge on any atom is -0.322 e. The van der Waals surface area contributed by atoms with Crippen LogP contribution in [0.15, 0.2) is 0 Å². The molecular weight excluding hydrogens is 236 g/mol. The van der Waals surface area contributed by atoms with Crippen molar-refractivity contribution in [2.45, 2.75) is 83.5 Å². The second-order valence-corrected chi connectivity index (χ2v) is 6.72. The first-order valence-corrected chi connectivity index (χ1v) is 8.34. The summed E-state index contributed by atoms with van der Waals surface area (Å²) >= 11 is 0. The molecule has 2 saturated carbocycles. The van der Waals surface area contributed by atoms with Gasteiger partial charge in [0.25, 0.3) is 0 Å². The van der Waals surface area contributed by atoms with Crippen LogP contribution in [0.25, 0.3) is 0 Å². The number of rotatable bonds is 7. The van der Waals surface area contributed by atoms with E-state index in [1.165, 1.54) is 25.7 Å². The van der Waals surface area contributed by atoms with Crippen LogP contribution >= 0.6 is 0 Å². The summed E-state index contributed by atoms with van der Waals surface area (Å²) in [5, 5.41) is 3.61. The molecule has 1 saturated heterocycles. The Kier molecular flexibility index (Phi) is 3.84. The SMILES string of the molecule is CCCC1NC(CCC)N(C(C2CC2)C2CC2)C1=O. The number of carbonyl (C=O) groups excluding carboxylic acids is 1. The number of amides is 1. The van der Waals surface area contributed by atoms with Gasteiger partial charge in [0, 0.05) is 6.04 Å². The first-order valence-electron chi connectivity index (χ1n) is 8.34. The third-order valence-corrected chi connectivity index (χ3v) is 4.95. The zero-order chi connectivity index (χ0) is 13.4. The van der Waals surface area contributed by atoms with Crippen molar-refractivity contribution in [2.24, 2.45) is 11.8 Å².